The second-order valence-electron chi connectivity index (χ2n) is 2.61. The van der Waals surface area contributed by atoms with Crippen LogP contribution in [-0.2, 0) is 6.42 Å². The summed E-state index contributed by atoms with van der Waals surface area (Å²) in [5, 5.41) is 21.7. The van der Waals surface area contributed by atoms with Crippen LogP contribution in [-0.4, -0.2) is 4.92 Å². The first kappa shape index (κ1) is 11.1. The molecule has 0 unspecified atom stereocenters. The van der Waals surface area contributed by atoms with Gasteiger partial charge >= 0.3 is 0 Å². The SMILES string of the molecule is CCc1c(Cl)cc([N+](=O)[O-])c([O-])c1Cl. The number of nitro benzene ring substituents is 1. The highest BCUT2D eigenvalue weighted by Gasteiger charge is 2.15. The second-order valence-corrected chi connectivity index (χ2v) is 3.40. The molecule has 0 saturated carbocycles. The van der Waals surface area contributed by atoms with E-state index in [4.69, 9.17) is 23.2 Å². The van der Waals surface area contributed by atoms with Gasteiger partial charge in [0, 0.05) is 11.1 Å². The molecule has 0 spiro atoms. The van der Waals surface area contributed by atoms with Crippen LogP contribution in [0.2, 0.25) is 10.0 Å². The van der Waals surface area contributed by atoms with Crippen LogP contribution < -0.4 is 5.11 Å². The minimum atomic E-state index is -0.792. The molecule has 6 heteroatoms. The largest absolute Gasteiger partial charge is 0.867 e. The van der Waals surface area contributed by atoms with E-state index < -0.39 is 16.4 Å². The van der Waals surface area contributed by atoms with Crippen molar-refractivity contribution in [1.82, 2.24) is 0 Å². The summed E-state index contributed by atoms with van der Waals surface area (Å²) in [6.45, 7) is 1.76. The Morgan fingerprint density at radius 3 is 2.50 bits per heavy atom. The Kier molecular flexibility index (Phi) is 3.18. The van der Waals surface area contributed by atoms with Crippen LogP contribution in [0.15, 0.2) is 6.07 Å². The molecule has 1 rings (SSSR count). The smallest absolute Gasteiger partial charge is 0.264 e. The topological polar surface area (TPSA) is 66.2 Å². The molecule has 0 fully saturated rings. The molecular weight excluding hydrogens is 229 g/mol. The van der Waals surface area contributed by atoms with Gasteiger partial charge in [-0.05, 0) is 17.7 Å². The fourth-order valence-electron chi connectivity index (χ4n) is 1.09. The van der Waals surface area contributed by atoms with Gasteiger partial charge in [0.15, 0.2) is 0 Å². The maximum atomic E-state index is 11.3. The summed E-state index contributed by atoms with van der Waals surface area (Å²) in [6.07, 6.45) is 0.463. The number of nitro groups is 1. The molecule has 0 aromatic heterocycles. The Morgan fingerprint density at radius 1 is 1.50 bits per heavy atom. The van der Waals surface area contributed by atoms with Gasteiger partial charge in [0.05, 0.1) is 9.95 Å². The first-order valence-corrected chi connectivity index (χ1v) is 4.56. The van der Waals surface area contributed by atoms with Crippen LogP contribution in [0, 0.1) is 10.1 Å². The molecule has 0 aliphatic rings. The average Bonchev–Trinajstić information content (AvgIpc) is 2.12. The Hall–Kier alpha value is -1.00. The van der Waals surface area contributed by atoms with E-state index in [1.807, 2.05) is 0 Å². The Bertz CT molecular complexity index is 393. The number of halogens is 2. The van der Waals surface area contributed by atoms with Crippen molar-refractivity contribution < 1.29 is 10.0 Å². The number of nitrogens with zero attached hydrogens (tertiary/aromatic N) is 1. The van der Waals surface area contributed by atoms with E-state index in [0.717, 1.165) is 6.07 Å². The summed E-state index contributed by atoms with van der Waals surface area (Å²) in [5.74, 6) is -0.780. The van der Waals surface area contributed by atoms with Crippen molar-refractivity contribution in [2.45, 2.75) is 13.3 Å². The van der Waals surface area contributed by atoms with Crippen LogP contribution in [0.4, 0.5) is 5.69 Å². The summed E-state index contributed by atoms with van der Waals surface area (Å²) in [4.78, 5) is 9.62. The number of hydrogen-bond acceptors (Lipinski definition) is 3. The van der Waals surface area contributed by atoms with E-state index in [-0.39, 0.29) is 10.0 Å². The molecule has 0 aliphatic heterocycles. The molecular formula is C8H6Cl2NO3-. The van der Waals surface area contributed by atoms with E-state index in [0.29, 0.717) is 12.0 Å². The summed E-state index contributed by atoms with van der Waals surface area (Å²) in [5.41, 5.74) is -0.138. The Labute approximate surface area is 90.2 Å². The van der Waals surface area contributed by atoms with E-state index in [1.165, 1.54) is 0 Å². The zero-order valence-electron chi connectivity index (χ0n) is 7.21. The molecule has 14 heavy (non-hydrogen) atoms. The minimum absolute atomic E-state index is 0.156. The highest BCUT2D eigenvalue weighted by Crippen LogP contribution is 2.38. The molecule has 0 bridgehead atoms. The minimum Gasteiger partial charge on any atom is -0.867 e. The van der Waals surface area contributed by atoms with Gasteiger partial charge in [0.2, 0.25) is 0 Å². The molecule has 76 valence electrons. The van der Waals surface area contributed by atoms with Crippen LogP contribution in [0.1, 0.15) is 12.5 Å². The normalized spacial score (nSPS) is 10.2. The molecule has 1 aromatic rings. The first-order chi connectivity index (χ1) is 6.49. The van der Waals surface area contributed by atoms with Gasteiger partial charge in [-0.2, -0.15) is 0 Å². The number of rotatable bonds is 2. The molecule has 0 saturated heterocycles. The fourth-order valence-corrected chi connectivity index (χ4v) is 1.80. The Morgan fingerprint density at radius 2 is 2.07 bits per heavy atom. The number of benzene rings is 1. The highest BCUT2D eigenvalue weighted by molar-refractivity contribution is 6.37. The third-order valence-corrected chi connectivity index (χ3v) is 2.54. The van der Waals surface area contributed by atoms with Crippen molar-refractivity contribution in [3.63, 3.8) is 0 Å². The van der Waals surface area contributed by atoms with Crippen LogP contribution in [0.5, 0.6) is 5.75 Å². The molecule has 0 N–H and O–H groups in total. The Balaban J connectivity index is 3.47. The lowest BCUT2D eigenvalue weighted by molar-refractivity contribution is -0.398. The summed E-state index contributed by atoms with van der Waals surface area (Å²) < 4.78 is 0. The van der Waals surface area contributed by atoms with E-state index in [9.17, 15) is 15.2 Å². The van der Waals surface area contributed by atoms with E-state index in [2.05, 4.69) is 0 Å². The van der Waals surface area contributed by atoms with E-state index >= 15 is 0 Å². The zero-order valence-corrected chi connectivity index (χ0v) is 8.72. The van der Waals surface area contributed by atoms with Gasteiger partial charge in [0.1, 0.15) is 0 Å². The molecule has 4 nitrogen and oxygen atoms in total. The quantitative estimate of drug-likeness (QED) is 0.584. The van der Waals surface area contributed by atoms with E-state index in [1.54, 1.807) is 6.92 Å². The lowest BCUT2D eigenvalue weighted by Gasteiger charge is -2.13. The van der Waals surface area contributed by atoms with Crippen molar-refractivity contribution in [1.29, 1.82) is 0 Å². The lowest BCUT2D eigenvalue weighted by Crippen LogP contribution is -2.01. The zero-order chi connectivity index (χ0) is 10.9. The van der Waals surface area contributed by atoms with Gasteiger partial charge in [-0.25, -0.2) is 0 Å². The van der Waals surface area contributed by atoms with Gasteiger partial charge in [-0.1, -0.05) is 30.1 Å². The highest BCUT2D eigenvalue weighted by atomic mass is 35.5. The predicted molar refractivity (Wildman–Crippen MR) is 51.9 cm³/mol. The van der Waals surface area contributed by atoms with Crippen LogP contribution >= 0.6 is 23.2 Å². The first-order valence-electron chi connectivity index (χ1n) is 3.81. The van der Waals surface area contributed by atoms with Crippen molar-refractivity contribution in [3.05, 3.63) is 31.8 Å². The van der Waals surface area contributed by atoms with Crippen molar-refractivity contribution in [2.24, 2.45) is 0 Å². The maximum absolute atomic E-state index is 11.3. The molecule has 1 aromatic carbocycles. The van der Waals surface area contributed by atoms with Gasteiger partial charge in [-0.15, -0.1) is 0 Å². The van der Waals surface area contributed by atoms with Crippen LogP contribution in [0.3, 0.4) is 0 Å². The third kappa shape index (κ3) is 1.76. The summed E-state index contributed by atoms with van der Waals surface area (Å²) in [6, 6.07) is 1.04. The van der Waals surface area contributed by atoms with Crippen molar-refractivity contribution >= 4 is 28.9 Å². The third-order valence-electron chi connectivity index (χ3n) is 1.80. The molecule has 0 radical (unpaired) electrons. The monoisotopic (exact) mass is 234 g/mol. The summed E-state index contributed by atoms with van der Waals surface area (Å²) in [7, 11) is 0. The molecule has 0 atom stereocenters. The molecule has 0 heterocycles. The average molecular weight is 235 g/mol. The van der Waals surface area contributed by atoms with Crippen molar-refractivity contribution in [2.75, 3.05) is 0 Å². The van der Waals surface area contributed by atoms with Crippen LogP contribution in [0.25, 0.3) is 0 Å². The second kappa shape index (κ2) is 4.02. The molecule has 0 aliphatic carbocycles. The van der Waals surface area contributed by atoms with Gasteiger partial charge in [-0.3, -0.25) is 10.1 Å². The fraction of sp³-hybridized carbons (Fsp3) is 0.250. The number of hydrogen-bond donors (Lipinski definition) is 0. The van der Waals surface area contributed by atoms with Gasteiger partial charge < -0.3 is 5.11 Å². The van der Waals surface area contributed by atoms with Gasteiger partial charge in [0.25, 0.3) is 5.69 Å². The lowest BCUT2D eigenvalue weighted by atomic mass is 10.1. The maximum Gasteiger partial charge on any atom is 0.264 e. The standard InChI is InChI=1S/C8H7Cl2NO3/c1-2-4-5(9)3-6(11(13)14)8(12)7(4)10/h3,12H,2H2,1H3/p-1. The summed E-state index contributed by atoms with van der Waals surface area (Å²) >= 11 is 11.4. The predicted octanol–water partition coefficient (Wildman–Crippen LogP) is 2.54. The molecule has 0 amide bonds. The van der Waals surface area contributed by atoms with Crippen molar-refractivity contribution in [3.8, 4) is 5.75 Å².